The minimum Gasteiger partial charge on any atom is -0.378 e. The highest BCUT2D eigenvalue weighted by Gasteiger charge is 2.44. The number of carbonyl (C=O) groups is 2. The molecule has 1 fully saturated rings. The first-order valence-electron chi connectivity index (χ1n) is 13.1. The molecule has 2 aliphatic rings. The Morgan fingerprint density at radius 1 is 0.974 bits per heavy atom. The van der Waals surface area contributed by atoms with Crippen LogP contribution >= 0.6 is 0 Å². The Bertz CT molecular complexity index is 1520. The molecule has 0 spiro atoms. The van der Waals surface area contributed by atoms with Crippen LogP contribution in [-0.4, -0.2) is 53.6 Å². The van der Waals surface area contributed by atoms with Gasteiger partial charge in [-0.25, -0.2) is 0 Å². The summed E-state index contributed by atoms with van der Waals surface area (Å²) in [7, 11) is 2.05. The number of hydrogen-bond acceptors (Lipinski definition) is 4. The summed E-state index contributed by atoms with van der Waals surface area (Å²) >= 11 is 0. The molecule has 1 saturated heterocycles. The topological polar surface area (TPSA) is 66.8 Å². The average Bonchev–Trinajstić information content (AvgIpc) is 3.38. The SMILES string of the molecule is Cc1c(C2c3ccccc3C(=O)N2C(C)C(=O)Nc2ccc(N3CCOCC3)cc2)c2ccccc2n1C. The van der Waals surface area contributed by atoms with Gasteiger partial charge in [0.15, 0.2) is 0 Å². The predicted octanol–water partition coefficient (Wildman–Crippen LogP) is 4.90. The lowest BCUT2D eigenvalue weighted by molar-refractivity contribution is -0.120. The van der Waals surface area contributed by atoms with Crippen molar-refractivity contribution in [2.24, 2.45) is 7.05 Å². The average molecular weight is 509 g/mol. The quantitative estimate of drug-likeness (QED) is 0.417. The number of amides is 2. The molecule has 1 N–H and O–H groups in total. The second-order valence-electron chi connectivity index (χ2n) is 10.1. The van der Waals surface area contributed by atoms with Gasteiger partial charge in [-0.15, -0.1) is 0 Å². The molecule has 0 aliphatic carbocycles. The Morgan fingerprint density at radius 2 is 1.66 bits per heavy atom. The van der Waals surface area contributed by atoms with Crippen LogP contribution in [0.1, 0.15) is 40.1 Å². The number of carbonyl (C=O) groups excluding carboxylic acids is 2. The summed E-state index contributed by atoms with van der Waals surface area (Å²) in [5.41, 5.74) is 6.66. The van der Waals surface area contributed by atoms with E-state index in [0.29, 0.717) is 11.3 Å². The zero-order valence-corrected chi connectivity index (χ0v) is 22.0. The van der Waals surface area contributed by atoms with E-state index in [1.807, 2.05) is 74.6 Å². The molecular weight excluding hydrogens is 476 g/mol. The molecule has 0 bridgehead atoms. The molecule has 194 valence electrons. The number of hydrogen-bond donors (Lipinski definition) is 1. The molecule has 2 amide bonds. The Hall–Kier alpha value is -4.10. The third kappa shape index (κ3) is 3.94. The standard InChI is InChI=1S/C31H32N4O3/c1-20-28(26-10-6-7-11-27(26)33(20)3)29-24-8-4-5-9-25(24)31(37)35(29)21(2)30(36)32-22-12-14-23(15-13-22)34-16-18-38-19-17-34/h4-15,21,29H,16-19H2,1-3H3,(H,32,36). The Labute approximate surface area is 222 Å². The Morgan fingerprint density at radius 3 is 2.42 bits per heavy atom. The summed E-state index contributed by atoms with van der Waals surface area (Å²) in [6.07, 6.45) is 0. The van der Waals surface area contributed by atoms with E-state index in [1.54, 1.807) is 4.90 Å². The summed E-state index contributed by atoms with van der Waals surface area (Å²) < 4.78 is 7.61. The molecule has 2 unspecified atom stereocenters. The van der Waals surface area contributed by atoms with Crippen molar-refractivity contribution in [3.63, 3.8) is 0 Å². The van der Waals surface area contributed by atoms with Crippen LogP contribution in [0, 0.1) is 6.92 Å². The van der Waals surface area contributed by atoms with Gasteiger partial charge in [-0.2, -0.15) is 0 Å². The van der Waals surface area contributed by atoms with E-state index in [4.69, 9.17) is 4.74 Å². The van der Waals surface area contributed by atoms with Gasteiger partial charge in [0.2, 0.25) is 5.91 Å². The highest BCUT2D eigenvalue weighted by atomic mass is 16.5. The molecule has 2 aliphatic heterocycles. The minimum absolute atomic E-state index is 0.122. The number of ether oxygens (including phenoxy) is 1. The van der Waals surface area contributed by atoms with Gasteiger partial charge in [-0.05, 0) is 55.8 Å². The van der Waals surface area contributed by atoms with Crippen molar-refractivity contribution in [1.82, 2.24) is 9.47 Å². The summed E-state index contributed by atoms with van der Waals surface area (Å²) in [6, 6.07) is 22.8. The zero-order chi connectivity index (χ0) is 26.4. The second-order valence-corrected chi connectivity index (χ2v) is 10.1. The van der Waals surface area contributed by atoms with Crippen LogP contribution in [0.15, 0.2) is 72.8 Å². The van der Waals surface area contributed by atoms with E-state index in [1.165, 1.54) is 0 Å². The van der Waals surface area contributed by atoms with Gasteiger partial charge in [0.05, 0.1) is 19.3 Å². The highest BCUT2D eigenvalue weighted by Crippen LogP contribution is 2.44. The van der Waals surface area contributed by atoms with Crippen LogP contribution in [0.3, 0.4) is 0 Å². The van der Waals surface area contributed by atoms with Crippen LogP contribution < -0.4 is 10.2 Å². The zero-order valence-electron chi connectivity index (χ0n) is 22.0. The maximum atomic E-state index is 13.8. The van der Waals surface area contributed by atoms with Crippen molar-refractivity contribution >= 4 is 34.1 Å². The molecule has 7 nitrogen and oxygen atoms in total. The van der Waals surface area contributed by atoms with Crippen molar-refractivity contribution < 1.29 is 14.3 Å². The number of anilines is 2. The van der Waals surface area contributed by atoms with E-state index < -0.39 is 6.04 Å². The molecule has 2 atom stereocenters. The van der Waals surface area contributed by atoms with Gasteiger partial charge in [-0.1, -0.05) is 36.4 Å². The molecule has 6 rings (SSSR count). The van der Waals surface area contributed by atoms with Gasteiger partial charge in [0, 0.05) is 59.2 Å². The van der Waals surface area contributed by atoms with E-state index in [2.05, 4.69) is 33.8 Å². The maximum absolute atomic E-state index is 13.8. The van der Waals surface area contributed by atoms with E-state index >= 15 is 0 Å². The van der Waals surface area contributed by atoms with Crippen molar-refractivity contribution in [1.29, 1.82) is 0 Å². The van der Waals surface area contributed by atoms with Gasteiger partial charge in [0.25, 0.3) is 5.91 Å². The lowest BCUT2D eigenvalue weighted by Gasteiger charge is -2.31. The number of aromatic nitrogens is 1. The van der Waals surface area contributed by atoms with Gasteiger partial charge in [-0.3, -0.25) is 9.59 Å². The number of rotatable bonds is 5. The van der Waals surface area contributed by atoms with Crippen molar-refractivity contribution in [3.8, 4) is 0 Å². The van der Waals surface area contributed by atoms with Crippen LogP contribution in [0.4, 0.5) is 11.4 Å². The highest BCUT2D eigenvalue weighted by molar-refractivity contribution is 6.05. The maximum Gasteiger partial charge on any atom is 0.255 e. The monoisotopic (exact) mass is 508 g/mol. The molecule has 7 heteroatoms. The third-order valence-electron chi connectivity index (χ3n) is 8.03. The Balaban J connectivity index is 1.32. The fourth-order valence-corrected chi connectivity index (χ4v) is 5.88. The molecule has 3 aromatic carbocycles. The van der Waals surface area contributed by atoms with Crippen LogP contribution in [-0.2, 0) is 16.6 Å². The molecule has 4 aromatic rings. The largest absolute Gasteiger partial charge is 0.378 e. The first-order chi connectivity index (χ1) is 18.5. The number of nitrogens with zero attached hydrogens (tertiary/aromatic N) is 3. The smallest absolute Gasteiger partial charge is 0.255 e. The number of aryl methyl sites for hydroxylation is 1. The van der Waals surface area contributed by atoms with Gasteiger partial charge < -0.3 is 24.4 Å². The van der Waals surface area contributed by atoms with Crippen molar-refractivity contribution in [2.75, 3.05) is 36.5 Å². The van der Waals surface area contributed by atoms with E-state index in [9.17, 15) is 9.59 Å². The minimum atomic E-state index is -0.683. The lowest BCUT2D eigenvalue weighted by atomic mass is 9.95. The lowest BCUT2D eigenvalue weighted by Crippen LogP contribution is -2.44. The van der Waals surface area contributed by atoms with Crippen LogP contribution in [0.5, 0.6) is 0 Å². The number of para-hydroxylation sites is 1. The summed E-state index contributed by atoms with van der Waals surface area (Å²) in [6.45, 7) is 7.05. The number of fused-ring (bicyclic) bond motifs is 2. The number of benzene rings is 3. The van der Waals surface area contributed by atoms with Crippen molar-refractivity contribution in [3.05, 3.63) is 95.2 Å². The fourth-order valence-electron chi connectivity index (χ4n) is 5.88. The number of morpholine rings is 1. The molecule has 0 saturated carbocycles. The summed E-state index contributed by atoms with van der Waals surface area (Å²) in [5.74, 6) is -0.337. The number of nitrogens with one attached hydrogen (secondary N) is 1. The molecule has 3 heterocycles. The van der Waals surface area contributed by atoms with Crippen molar-refractivity contribution in [2.45, 2.75) is 25.9 Å². The summed E-state index contributed by atoms with van der Waals surface area (Å²) in [4.78, 5) is 31.4. The Kier molecular flexibility index (Phi) is 6.16. The first kappa shape index (κ1) is 24.2. The summed E-state index contributed by atoms with van der Waals surface area (Å²) in [5, 5.41) is 4.14. The first-order valence-corrected chi connectivity index (χ1v) is 13.1. The van der Waals surface area contributed by atoms with Crippen LogP contribution in [0.25, 0.3) is 10.9 Å². The van der Waals surface area contributed by atoms with Gasteiger partial charge in [0.1, 0.15) is 6.04 Å². The second kappa shape index (κ2) is 9.65. The fraction of sp³-hybridized carbons (Fsp3) is 0.290. The molecule has 38 heavy (non-hydrogen) atoms. The molecule has 1 aromatic heterocycles. The van der Waals surface area contributed by atoms with Gasteiger partial charge >= 0.3 is 0 Å². The normalized spacial score (nSPS) is 18.1. The van der Waals surface area contributed by atoms with E-state index in [-0.39, 0.29) is 17.9 Å². The third-order valence-corrected chi connectivity index (χ3v) is 8.03. The molecular formula is C31H32N4O3. The molecule has 0 radical (unpaired) electrons. The van der Waals surface area contributed by atoms with E-state index in [0.717, 1.165) is 59.7 Å². The van der Waals surface area contributed by atoms with Crippen LogP contribution in [0.2, 0.25) is 0 Å². The predicted molar refractivity (Wildman–Crippen MR) is 150 cm³/mol.